The quantitative estimate of drug-likeness (QED) is 0.884. The Kier molecular flexibility index (Phi) is 4.88. The fraction of sp³-hybridized carbons (Fsp3) is 0.211. The number of carbonyl (C=O) groups excluding carboxylic acids is 2. The lowest BCUT2D eigenvalue weighted by atomic mass is 10.1. The maximum Gasteiger partial charge on any atom is 0.335 e. The fourth-order valence-corrected chi connectivity index (χ4v) is 2.71. The SMILES string of the molecule is CN(Cc1ccccc1)C(=O)CN1C(=O)COc2cc(C(=O)O)ccc21. The van der Waals surface area contributed by atoms with Gasteiger partial charge in [0.1, 0.15) is 12.3 Å². The van der Waals surface area contributed by atoms with Crippen LogP contribution in [0, 0.1) is 0 Å². The van der Waals surface area contributed by atoms with Gasteiger partial charge in [0.15, 0.2) is 6.61 Å². The molecular formula is C19H18N2O5. The van der Waals surface area contributed by atoms with Gasteiger partial charge in [0.05, 0.1) is 11.3 Å². The molecule has 7 heteroatoms. The molecular weight excluding hydrogens is 336 g/mol. The highest BCUT2D eigenvalue weighted by atomic mass is 16.5. The number of aromatic carboxylic acids is 1. The minimum atomic E-state index is -1.08. The molecule has 26 heavy (non-hydrogen) atoms. The molecule has 2 amide bonds. The molecule has 0 saturated carbocycles. The largest absolute Gasteiger partial charge is 0.482 e. The molecule has 1 N–H and O–H groups in total. The van der Waals surface area contributed by atoms with E-state index < -0.39 is 5.97 Å². The third kappa shape index (κ3) is 3.66. The molecule has 2 aromatic carbocycles. The Balaban J connectivity index is 1.76. The number of fused-ring (bicyclic) bond motifs is 1. The number of rotatable bonds is 5. The van der Waals surface area contributed by atoms with Crippen molar-refractivity contribution in [3.8, 4) is 5.75 Å². The third-order valence-corrected chi connectivity index (χ3v) is 4.13. The van der Waals surface area contributed by atoms with E-state index in [1.807, 2.05) is 30.3 Å². The lowest BCUT2D eigenvalue weighted by Crippen LogP contribution is -2.45. The Morgan fingerprint density at radius 1 is 1.19 bits per heavy atom. The normalized spacial score (nSPS) is 13.0. The third-order valence-electron chi connectivity index (χ3n) is 4.13. The molecule has 0 saturated heterocycles. The zero-order valence-corrected chi connectivity index (χ0v) is 14.2. The molecule has 0 radical (unpaired) electrons. The van der Waals surface area contributed by atoms with Crippen molar-refractivity contribution in [2.75, 3.05) is 25.1 Å². The second kappa shape index (κ2) is 7.26. The zero-order valence-electron chi connectivity index (χ0n) is 14.2. The number of hydrogen-bond donors (Lipinski definition) is 1. The molecule has 0 bridgehead atoms. The Labute approximate surface area is 150 Å². The van der Waals surface area contributed by atoms with Gasteiger partial charge in [-0.2, -0.15) is 0 Å². The molecule has 0 aromatic heterocycles. The number of anilines is 1. The van der Waals surface area contributed by atoms with Crippen LogP contribution >= 0.6 is 0 Å². The Hall–Kier alpha value is -3.35. The summed E-state index contributed by atoms with van der Waals surface area (Å²) in [5, 5.41) is 9.07. The van der Waals surface area contributed by atoms with Crippen LogP contribution in [-0.2, 0) is 16.1 Å². The van der Waals surface area contributed by atoms with E-state index in [1.54, 1.807) is 11.9 Å². The van der Waals surface area contributed by atoms with Crippen LogP contribution < -0.4 is 9.64 Å². The van der Waals surface area contributed by atoms with Crippen molar-refractivity contribution in [1.82, 2.24) is 4.90 Å². The van der Waals surface area contributed by atoms with Crippen molar-refractivity contribution < 1.29 is 24.2 Å². The monoisotopic (exact) mass is 354 g/mol. The number of ether oxygens (including phenoxy) is 1. The maximum absolute atomic E-state index is 12.5. The van der Waals surface area contributed by atoms with Crippen LogP contribution in [0.1, 0.15) is 15.9 Å². The van der Waals surface area contributed by atoms with Gasteiger partial charge in [0, 0.05) is 13.6 Å². The van der Waals surface area contributed by atoms with E-state index in [0.717, 1.165) is 5.56 Å². The van der Waals surface area contributed by atoms with Gasteiger partial charge in [0.2, 0.25) is 5.91 Å². The van der Waals surface area contributed by atoms with E-state index in [9.17, 15) is 14.4 Å². The van der Waals surface area contributed by atoms with Gasteiger partial charge in [-0.15, -0.1) is 0 Å². The lowest BCUT2D eigenvalue weighted by Gasteiger charge is -2.30. The van der Waals surface area contributed by atoms with Crippen molar-refractivity contribution in [2.45, 2.75) is 6.54 Å². The summed E-state index contributed by atoms with van der Waals surface area (Å²) < 4.78 is 5.32. The van der Waals surface area contributed by atoms with Gasteiger partial charge >= 0.3 is 5.97 Å². The van der Waals surface area contributed by atoms with Gasteiger partial charge in [-0.25, -0.2) is 4.79 Å². The number of carboxylic acid groups (broad SMARTS) is 1. The first-order valence-corrected chi connectivity index (χ1v) is 8.04. The van der Waals surface area contributed by atoms with Crippen LogP contribution in [0.2, 0.25) is 0 Å². The molecule has 1 aliphatic heterocycles. The number of benzene rings is 2. The van der Waals surface area contributed by atoms with Crippen molar-refractivity contribution in [3.63, 3.8) is 0 Å². The fourth-order valence-electron chi connectivity index (χ4n) is 2.71. The van der Waals surface area contributed by atoms with Crippen LogP contribution in [0.5, 0.6) is 5.75 Å². The summed E-state index contributed by atoms with van der Waals surface area (Å²) in [4.78, 5) is 38.7. The second-order valence-electron chi connectivity index (χ2n) is 5.99. The predicted octanol–water partition coefficient (Wildman–Crippen LogP) is 1.77. The van der Waals surface area contributed by atoms with Crippen molar-refractivity contribution >= 4 is 23.5 Å². The molecule has 1 aliphatic rings. The topological polar surface area (TPSA) is 87.2 Å². The average Bonchev–Trinajstić information content (AvgIpc) is 2.64. The molecule has 2 aromatic rings. The molecule has 134 valence electrons. The smallest absolute Gasteiger partial charge is 0.335 e. The summed E-state index contributed by atoms with van der Waals surface area (Å²) in [5.74, 6) is -1.37. The van der Waals surface area contributed by atoms with E-state index >= 15 is 0 Å². The summed E-state index contributed by atoms with van der Waals surface area (Å²) in [6.07, 6.45) is 0. The Morgan fingerprint density at radius 3 is 2.62 bits per heavy atom. The van der Waals surface area contributed by atoms with E-state index in [1.165, 1.54) is 23.1 Å². The van der Waals surface area contributed by atoms with Crippen LogP contribution in [0.3, 0.4) is 0 Å². The van der Waals surface area contributed by atoms with Crippen molar-refractivity contribution in [1.29, 1.82) is 0 Å². The van der Waals surface area contributed by atoms with Crippen LogP contribution in [-0.4, -0.2) is 48.0 Å². The Morgan fingerprint density at radius 2 is 1.92 bits per heavy atom. The maximum atomic E-state index is 12.5. The van der Waals surface area contributed by atoms with E-state index in [2.05, 4.69) is 0 Å². The Bertz CT molecular complexity index is 850. The zero-order chi connectivity index (χ0) is 18.7. The second-order valence-corrected chi connectivity index (χ2v) is 5.99. The van der Waals surface area contributed by atoms with Crippen LogP contribution in [0.4, 0.5) is 5.69 Å². The summed E-state index contributed by atoms with van der Waals surface area (Å²) in [6.45, 7) is 0.0692. The highest BCUT2D eigenvalue weighted by Gasteiger charge is 2.29. The molecule has 0 fully saturated rings. The number of likely N-dealkylation sites (N-methyl/N-ethyl adjacent to an activating group) is 1. The number of carbonyl (C=O) groups is 3. The van der Waals surface area contributed by atoms with Crippen LogP contribution in [0.15, 0.2) is 48.5 Å². The number of hydrogen-bond acceptors (Lipinski definition) is 4. The summed E-state index contributed by atoms with van der Waals surface area (Å²) in [7, 11) is 1.68. The molecule has 7 nitrogen and oxygen atoms in total. The summed E-state index contributed by atoms with van der Waals surface area (Å²) in [5.41, 5.74) is 1.45. The molecule has 0 spiro atoms. The van der Waals surface area contributed by atoms with E-state index in [-0.39, 0.29) is 36.3 Å². The van der Waals surface area contributed by atoms with Crippen molar-refractivity contribution in [2.24, 2.45) is 0 Å². The highest BCUT2D eigenvalue weighted by Crippen LogP contribution is 2.33. The van der Waals surface area contributed by atoms with Gasteiger partial charge < -0.3 is 14.7 Å². The minimum Gasteiger partial charge on any atom is -0.482 e. The number of carboxylic acids is 1. The summed E-state index contributed by atoms with van der Waals surface area (Å²) >= 11 is 0. The minimum absolute atomic E-state index is 0.0607. The molecule has 3 rings (SSSR count). The van der Waals surface area contributed by atoms with Crippen molar-refractivity contribution in [3.05, 3.63) is 59.7 Å². The molecule has 1 heterocycles. The highest BCUT2D eigenvalue weighted by molar-refractivity contribution is 6.02. The van der Waals surface area contributed by atoms with Gasteiger partial charge in [-0.3, -0.25) is 14.5 Å². The number of nitrogens with zero attached hydrogens (tertiary/aromatic N) is 2. The first kappa shape index (κ1) is 17.5. The van der Waals surface area contributed by atoms with E-state index in [0.29, 0.717) is 12.2 Å². The van der Waals surface area contributed by atoms with Gasteiger partial charge in [-0.05, 0) is 23.8 Å². The van der Waals surface area contributed by atoms with E-state index in [4.69, 9.17) is 9.84 Å². The first-order chi connectivity index (χ1) is 12.5. The van der Waals surface area contributed by atoms with Gasteiger partial charge in [-0.1, -0.05) is 30.3 Å². The standard InChI is InChI=1S/C19H18N2O5/c1-20(10-13-5-3-2-4-6-13)17(22)11-21-15-8-7-14(19(24)25)9-16(15)26-12-18(21)23/h2-9H,10-12H2,1H3,(H,24,25). The molecule has 0 unspecified atom stereocenters. The number of amides is 2. The lowest BCUT2D eigenvalue weighted by molar-refractivity contribution is -0.131. The molecule has 0 atom stereocenters. The average molecular weight is 354 g/mol. The molecule has 0 aliphatic carbocycles. The summed E-state index contributed by atoms with van der Waals surface area (Å²) in [6, 6.07) is 13.8. The van der Waals surface area contributed by atoms with Crippen LogP contribution in [0.25, 0.3) is 0 Å². The first-order valence-electron chi connectivity index (χ1n) is 8.04. The predicted molar refractivity (Wildman–Crippen MR) is 94.2 cm³/mol. The van der Waals surface area contributed by atoms with Gasteiger partial charge in [0.25, 0.3) is 5.91 Å².